The molecule has 0 spiro atoms. The number of carbonyl (C=O) groups excluding carboxylic acids is 3. The molecule has 0 radical (unpaired) electrons. The van der Waals surface area contributed by atoms with Gasteiger partial charge in [-0.1, -0.05) is 0 Å². The number of carbonyl (C=O) groups is 3. The zero-order valence-electron chi connectivity index (χ0n) is 15.9. The number of rotatable bonds is 8. The predicted molar refractivity (Wildman–Crippen MR) is 105 cm³/mol. The minimum atomic E-state index is -0.663. The van der Waals surface area contributed by atoms with Crippen LogP contribution in [-0.2, 0) is 14.3 Å². The second-order valence-electron chi connectivity index (χ2n) is 5.77. The average Bonchev–Trinajstić information content (AvgIpc) is 2.70. The van der Waals surface area contributed by atoms with Gasteiger partial charge in [0.05, 0.1) is 14.2 Å². The van der Waals surface area contributed by atoms with Gasteiger partial charge in [0.15, 0.2) is 12.4 Å². The molecular weight excluding hydrogens is 362 g/mol. The van der Waals surface area contributed by atoms with Crippen molar-refractivity contribution in [2.75, 3.05) is 26.1 Å². The lowest BCUT2D eigenvalue weighted by Crippen LogP contribution is -2.20. The van der Waals surface area contributed by atoms with Gasteiger partial charge in [-0.2, -0.15) is 0 Å². The summed E-state index contributed by atoms with van der Waals surface area (Å²) >= 11 is 0. The molecule has 0 aliphatic rings. The van der Waals surface area contributed by atoms with E-state index in [4.69, 9.17) is 14.2 Å². The summed E-state index contributed by atoms with van der Waals surface area (Å²) in [4.78, 5) is 34.9. The Morgan fingerprint density at radius 1 is 0.964 bits per heavy atom. The number of ketones is 1. The van der Waals surface area contributed by atoms with Crippen LogP contribution in [0.5, 0.6) is 11.5 Å². The normalized spacial score (nSPS) is 10.4. The van der Waals surface area contributed by atoms with Crippen molar-refractivity contribution in [2.24, 2.45) is 0 Å². The van der Waals surface area contributed by atoms with E-state index in [9.17, 15) is 14.4 Å². The highest BCUT2D eigenvalue weighted by molar-refractivity contribution is 5.96. The van der Waals surface area contributed by atoms with E-state index in [1.807, 2.05) is 0 Å². The number of nitrogens with one attached hydrogen (secondary N) is 1. The van der Waals surface area contributed by atoms with Gasteiger partial charge < -0.3 is 19.5 Å². The van der Waals surface area contributed by atoms with Crippen LogP contribution >= 0.6 is 0 Å². The zero-order chi connectivity index (χ0) is 20.5. The Morgan fingerprint density at radius 3 is 2.11 bits per heavy atom. The molecule has 0 heterocycles. The van der Waals surface area contributed by atoms with Gasteiger partial charge in [0.2, 0.25) is 0 Å². The molecule has 0 aromatic heterocycles. The first-order chi connectivity index (χ1) is 13.4. The smallest absolute Gasteiger partial charge is 0.331 e. The molecule has 1 N–H and O–H groups in total. The van der Waals surface area contributed by atoms with Crippen LogP contribution < -0.4 is 14.8 Å². The van der Waals surface area contributed by atoms with Crippen LogP contribution in [-0.4, -0.2) is 38.5 Å². The number of hydrogen-bond acceptors (Lipinski definition) is 6. The summed E-state index contributed by atoms with van der Waals surface area (Å²) in [5.41, 5.74) is 1.73. The van der Waals surface area contributed by atoms with E-state index in [0.717, 1.165) is 0 Å². The van der Waals surface area contributed by atoms with E-state index in [0.29, 0.717) is 28.3 Å². The third-order valence-corrected chi connectivity index (χ3v) is 3.71. The van der Waals surface area contributed by atoms with Crippen molar-refractivity contribution in [3.8, 4) is 11.5 Å². The first-order valence-corrected chi connectivity index (χ1v) is 8.40. The highest BCUT2D eigenvalue weighted by Gasteiger charge is 2.07. The number of hydrogen-bond donors (Lipinski definition) is 1. The molecule has 0 saturated carbocycles. The zero-order valence-corrected chi connectivity index (χ0v) is 15.9. The summed E-state index contributed by atoms with van der Waals surface area (Å²) in [5.74, 6) is -0.0402. The quantitative estimate of drug-likeness (QED) is 0.428. The van der Waals surface area contributed by atoms with Gasteiger partial charge in [-0.15, -0.1) is 0 Å². The van der Waals surface area contributed by atoms with Crippen LogP contribution in [0.1, 0.15) is 22.8 Å². The van der Waals surface area contributed by atoms with E-state index in [1.165, 1.54) is 33.3 Å². The third-order valence-electron chi connectivity index (χ3n) is 3.71. The standard InChI is InChI=1S/C21H21NO6/c1-14(23)16-5-7-17(8-6-16)22-20(24)13-28-21(25)9-4-15-10-18(26-2)12-19(11-15)27-3/h4-12H,13H2,1-3H3,(H,22,24)/b9-4+. The number of amides is 1. The second-order valence-corrected chi connectivity index (χ2v) is 5.77. The lowest BCUT2D eigenvalue weighted by Gasteiger charge is -2.06. The van der Waals surface area contributed by atoms with E-state index >= 15 is 0 Å². The fourth-order valence-electron chi connectivity index (χ4n) is 2.26. The van der Waals surface area contributed by atoms with Crippen molar-refractivity contribution in [3.63, 3.8) is 0 Å². The topological polar surface area (TPSA) is 90.9 Å². The van der Waals surface area contributed by atoms with Crippen LogP contribution in [0, 0.1) is 0 Å². The van der Waals surface area contributed by atoms with Crippen molar-refractivity contribution in [3.05, 3.63) is 59.7 Å². The minimum Gasteiger partial charge on any atom is -0.497 e. The fraction of sp³-hybridized carbons (Fsp3) is 0.190. The van der Waals surface area contributed by atoms with Gasteiger partial charge >= 0.3 is 5.97 Å². The molecule has 0 aliphatic heterocycles. The monoisotopic (exact) mass is 383 g/mol. The molecule has 2 rings (SSSR count). The Morgan fingerprint density at radius 2 is 1.57 bits per heavy atom. The molecule has 1 amide bonds. The average molecular weight is 383 g/mol. The SMILES string of the molecule is COc1cc(/C=C/C(=O)OCC(=O)Nc2ccc(C(C)=O)cc2)cc(OC)c1. The molecule has 7 heteroatoms. The summed E-state index contributed by atoms with van der Waals surface area (Å²) in [6, 6.07) is 11.6. The molecule has 0 aliphatic carbocycles. The molecular formula is C21H21NO6. The molecule has 0 fully saturated rings. The molecule has 2 aromatic rings. The van der Waals surface area contributed by atoms with Crippen molar-refractivity contribution >= 4 is 29.4 Å². The van der Waals surface area contributed by atoms with Crippen LogP contribution in [0.15, 0.2) is 48.5 Å². The fourth-order valence-corrected chi connectivity index (χ4v) is 2.26. The molecule has 7 nitrogen and oxygen atoms in total. The molecule has 0 unspecified atom stereocenters. The van der Waals surface area contributed by atoms with Crippen LogP contribution in [0.4, 0.5) is 5.69 Å². The Balaban J connectivity index is 1.87. The maximum absolute atomic E-state index is 11.9. The summed E-state index contributed by atoms with van der Waals surface area (Å²) in [6.07, 6.45) is 2.74. The number of methoxy groups -OCH3 is 2. The second kappa shape index (κ2) is 9.91. The summed E-state index contributed by atoms with van der Waals surface area (Å²) in [5, 5.41) is 2.58. The summed E-state index contributed by atoms with van der Waals surface area (Å²) in [7, 11) is 3.06. The molecule has 146 valence electrons. The highest BCUT2D eigenvalue weighted by Crippen LogP contribution is 2.23. The highest BCUT2D eigenvalue weighted by atomic mass is 16.5. The Labute approximate surface area is 162 Å². The van der Waals surface area contributed by atoms with Gasteiger partial charge in [-0.3, -0.25) is 9.59 Å². The largest absolute Gasteiger partial charge is 0.497 e. The lowest BCUT2D eigenvalue weighted by atomic mass is 10.1. The van der Waals surface area contributed by atoms with Crippen LogP contribution in [0.25, 0.3) is 6.08 Å². The van der Waals surface area contributed by atoms with E-state index in [-0.39, 0.29) is 5.78 Å². The summed E-state index contributed by atoms with van der Waals surface area (Å²) in [6.45, 7) is 1.03. The molecule has 28 heavy (non-hydrogen) atoms. The molecule has 2 aromatic carbocycles. The van der Waals surface area contributed by atoms with E-state index in [2.05, 4.69) is 5.32 Å². The number of ether oxygens (including phenoxy) is 3. The van der Waals surface area contributed by atoms with Crippen LogP contribution in [0.3, 0.4) is 0 Å². The lowest BCUT2D eigenvalue weighted by molar-refractivity contribution is -0.142. The predicted octanol–water partition coefficient (Wildman–Crippen LogP) is 3.10. The third kappa shape index (κ3) is 6.28. The molecule has 0 saturated heterocycles. The van der Waals surface area contributed by atoms with Gasteiger partial charge in [0, 0.05) is 23.4 Å². The summed E-state index contributed by atoms with van der Waals surface area (Å²) < 4.78 is 15.2. The van der Waals surface area contributed by atoms with Gasteiger partial charge in [0.25, 0.3) is 5.91 Å². The first kappa shape index (κ1) is 20.7. The Bertz CT molecular complexity index is 864. The first-order valence-electron chi connectivity index (χ1n) is 8.40. The van der Waals surface area contributed by atoms with E-state index < -0.39 is 18.5 Å². The van der Waals surface area contributed by atoms with Crippen molar-refractivity contribution in [1.82, 2.24) is 0 Å². The Hall–Kier alpha value is -3.61. The maximum atomic E-state index is 11.9. The van der Waals surface area contributed by atoms with Gasteiger partial charge in [-0.25, -0.2) is 4.79 Å². The minimum absolute atomic E-state index is 0.0627. The van der Waals surface area contributed by atoms with Crippen molar-refractivity contribution < 1.29 is 28.6 Å². The molecule has 0 bridgehead atoms. The van der Waals surface area contributed by atoms with E-state index in [1.54, 1.807) is 42.5 Å². The number of Topliss-reactive ketones (excluding diaryl/α,β-unsaturated/α-hetero) is 1. The van der Waals surface area contributed by atoms with Crippen molar-refractivity contribution in [2.45, 2.75) is 6.92 Å². The maximum Gasteiger partial charge on any atom is 0.331 e. The van der Waals surface area contributed by atoms with Gasteiger partial charge in [0.1, 0.15) is 11.5 Å². The van der Waals surface area contributed by atoms with Gasteiger partial charge in [-0.05, 0) is 55.0 Å². The number of anilines is 1. The molecule has 0 atom stereocenters. The van der Waals surface area contributed by atoms with Crippen LogP contribution in [0.2, 0.25) is 0 Å². The number of esters is 1. The Kier molecular flexibility index (Phi) is 7.33. The van der Waals surface area contributed by atoms with Crippen molar-refractivity contribution in [1.29, 1.82) is 0 Å². The number of benzene rings is 2.